The number of carbonyl (C=O) groups excluding carboxylic acids is 1. The van der Waals surface area contributed by atoms with Gasteiger partial charge in [0, 0.05) is 24.6 Å². The fourth-order valence-electron chi connectivity index (χ4n) is 2.33. The quantitative estimate of drug-likeness (QED) is 0.887. The van der Waals surface area contributed by atoms with Crippen molar-refractivity contribution in [2.24, 2.45) is 5.92 Å². The van der Waals surface area contributed by atoms with E-state index in [1.54, 1.807) is 6.20 Å². The molecule has 0 bridgehead atoms. The lowest BCUT2D eigenvalue weighted by atomic mass is 10.1. The summed E-state index contributed by atoms with van der Waals surface area (Å²) in [5.41, 5.74) is 0.965. The summed E-state index contributed by atoms with van der Waals surface area (Å²) in [4.78, 5) is 15.9. The van der Waals surface area contributed by atoms with Crippen molar-refractivity contribution in [2.75, 3.05) is 19.8 Å². The van der Waals surface area contributed by atoms with Crippen LogP contribution in [0.15, 0.2) is 40.9 Å². The van der Waals surface area contributed by atoms with E-state index in [-0.39, 0.29) is 12.6 Å². The maximum Gasteiger partial charge on any atom is 0.315 e. The molecule has 6 nitrogen and oxygen atoms in total. The molecule has 1 aromatic heterocycles. The molecule has 0 aliphatic carbocycles. The van der Waals surface area contributed by atoms with Crippen LogP contribution in [0.1, 0.15) is 12.3 Å². The highest BCUT2D eigenvalue weighted by Gasteiger charge is 2.16. The van der Waals surface area contributed by atoms with E-state index in [1.807, 2.05) is 30.3 Å². The molecule has 116 valence electrons. The van der Waals surface area contributed by atoms with Crippen LogP contribution in [-0.2, 0) is 11.3 Å². The highest BCUT2D eigenvalue weighted by atomic mass is 16.5. The molecule has 6 heteroatoms. The third kappa shape index (κ3) is 3.85. The van der Waals surface area contributed by atoms with Crippen molar-refractivity contribution in [3.8, 4) is 11.3 Å². The minimum atomic E-state index is -0.216. The summed E-state index contributed by atoms with van der Waals surface area (Å²) in [5.74, 6) is 1.59. The molecule has 3 rings (SSSR count). The van der Waals surface area contributed by atoms with Crippen LogP contribution in [0.2, 0.25) is 0 Å². The molecule has 22 heavy (non-hydrogen) atoms. The van der Waals surface area contributed by atoms with Crippen LogP contribution in [-0.4, -0.2) is 30.8 Å². The lowest BCUT2D eigenvalue weighted by Crippen LogP contribution is -2.38. The van der Waals surface area contributed by atoms with E-state index in [0.29, 0.717) is 24.1 Å². The first-order valence-electron chi connectivity index (χ1n) is 7.41. The first kappa shape index (κ1) is 14.6. The standard InChI is InChI=1S/C16H19N3O3/c20-16(18-8-12-6-7-21-11-12)19-10-15-17-9-14(22-15)13-4-2-1-3-5-13/h1-5,9,12H,6-8,10-11H2,(H2,18,19,20)/t12-/m0/s1. The second-order valence-corrected chi connectivity index (χ2v) is 5.28. The molecule has 0 radical (unpaired) electrons. The Balaban J connectivity index is 1.45. The molecule has 2 N–H and O–H groups in total. The summed E-state index contributed by atoms with van der Waals surface area (Å²) >= 11 is 0. The zero-order valence-corrected chi connectivity index (χ0v) is 12.2. The number of benzene rings is 1. The zero-order valence-electron chi connectivity index (χ0n) is 12.2. The Morgan fingerprint density at radius 2 is 2.14 bits per heavy atom. The average molecular weight is 301 g/mol. The summed E-state index contributed by atoms with van der Waals surface area (Å²) < 4.78 is 10.9. The first-order chi connectivity index (χ1) is 10.8. The number of nitrogens with one attached hydrogen (secondary N) is 2. The third-order valence-electron chi connectivity index (χ3n) is 3.59. The van der Waals surface area contributed by atoms with Gasteiger partial charge >= 0.3 is 6.03 Å². The van der Waals surface area contributed by atoms with Gasteiger partial charge in [-0.05, 0) is 6.42 Å². The van der Waals surface area contributed by atoms with Crippen molar-refractivity contribution in [2.45, 2.75) is 13.0 Å². The van der Waals surface area contributed by atoms with Gasteiger partial charge < -0.3 is 19.8 Å². The van der Waals surface area contributed by atoms with Crippen LogP contribution in [0.5, 0.6) is 0 Å². The van der Waals surface area contributed by atoms with Gasteiger partial charge in [0.15, 0.2) is 5.76 Å². The molecule has 1 aromatic carbocycles. The van der Waals surface area contributed by atoms with Crippen molar-refractivity contribution >= 4 is 6.03 Å². The fourth-order valence-corrected chi connectivity index (χ4v) is 2.33. The van der Waals surface area contributed by atoms with Gasteiger partial charge in [-0.25, -0.2) is 9.78 Å². The van der Waals surface area contributed by atoms with E-state index in [4.69, 9.17) is 9.15 Å². The molecule has 0 saturated carbocycles. The number of rotatable bonds is 5. The predicted molar refractivity (Wildman–Crippen MR) is 81.1 cm³/mol. The first-order valence-corrected chi connectivity index (χ1v) is 7.41. The van der Waals surface area contributed by atoms with Gasteiger partial charge in [-0.3, -0.25) is 0 Å². The predicted octanol–water partition coefficient (Wildman–Crippen LogP) is 2.18. The lowest BCUT2D eigenvalue weighted by molar-refractivity contribution is 0.185. The molecule has 1 aliphatic rings. The van der Waals surface area contributed by atoms with E-state index in [0.717, 1.165) is 25.2 Å². The van der Waals surface area contributed by atoms with Gasteiger partial charge in [0.2, 0.25) is 5.89 Å². The van der Waals surface area contributed by atoms with Crippen LogP contribution in [0.25, 0.3) is 11.3 Å². The van der Waals surface area contributed by atoms with E-state index in [1.165, 1.54) is 0 Å². The van der Waals surface area contributed by atoms with Crippen molar-refractivity contribution < 1.29 is 13.9 Å². The summed E-state index contributed by atoms with van der Waals surface area (Å²) in [6.45, 7) is 2.40. The molecule has 2 amide bonds. The topological polar surface area (TPSA) is 76.4 Å². The van der Waals surface area contributed by atoms with Crippen molar-refractivity contribution in [3.63, 3.8) is 0 Å². The Bertz CT molecular complexity index is 606. The van der Waals surface area contributed by atoms with Gasteiger partial charge in [-0.1, -0.05) is 30.3 Å². The van der Waals surface area contributed by atoms with Gasteiger partial charge in [-0.15, -0.1) is 0 Å². The maximum atomic E-state index is 11.7. The molecular formula is C16H19N3O3. The molecule has 2 aromatic rings. The molecule has 1 aliphatic heterocycles. The van der Waals surface area contributed by atoms with Crippen LogP contribution in [0, 0.1) is 5.92 Å². The average Bonchev–Trinajstić information content (AvgIpc) is 3.23. The van der Waals surface area contributed by atoms with Crippen molar-refractivity contribution in [1.82, 2.24) is 15.6 Å². The third-order valence-corrected chi connectivity index (χ3v) is 3.59. The Hall–Kier alpha value is -2.34. The number of amides is 2. The van der Waals surface area contributed by atoms with Gasteiger partial charge in [0.25, 0.3) is 0 Å². The number of carbonyl (C=O) groups is 1. The second-order valence-electron chi connectivity index (χ2n) is 5.28. The smallest absolute Gasteiger partial charge is 0.315 e. The number of hydrogen-bond donors (Lipinski definition) is 2. The largest absolute Gasteiger partial charge is 0.439 e. The van der Waals surface area contributed by atoms with Crippen LogP contribution >= 0.6 is 0 Å². The molecule has 0 spiro atoms. The number of urea groups is 1. The minimum Gasteiger partial charge on any atom is -0.439 e. The number of hydrogen-bond acceptors (Lipinski definition) is 4. The number of aromatic nitrogens is 1. The minimum absolute atomic E-state index is 0.216. The zero-order chi connectivity index (χ0) is 15.2. The van der Waals surface area contributed by atoms with Gasteiger partial charge in [0.05, 0.1) is 19.3 Å². The van der Waals surface area contributed by atoms with Crippen LogP contribution < -0.4 is 10.6 Å². The van der Waals surface area contributed by atoms with E-state index in [2.05, 4.69) is 15.6 Å². The fraction of sp³-hybridized carbons (Fsp3) is 0.375. The Morgan fingerprint density at radius 1 is 1.27 bits per heavy atom. The molecule has 0 unspecified atom stereocenters. The van der Waals surface area contributed by atoms with Crippen LogP contribution in [0.4, 0.5) is 4.79 Å². The summed E-state index contributed by atoms with van der Waals surface area (Å²) in [6.07, 6.45) is 2.67. The Labute approximate surface area is 128 Å². The molecule has 1 fully saturated rings. The number of oxazole rings is 1. The number of nitrogens with zero attached hydrogens (tertiary/aromatic N) is 1. The van der Waals surface area contributed by atoms with E-state index in [9.17, 15) is 4.79 Å². The van der Waals surface area contributed by atoms with Crippen molar-refractivity contribution in [3.05, 3.63) is 42.4 Å². The normalized spacial score (nSPS) is 17.4. The number of ether oxygens (including phenoxy) is 1. The summed E-state index contributed by atoms with van der Waals surface area (Å²) in [6, 6.07) is 9.52. The molecule has 1 saturated heterocycles. The van der Waals surface area contributed by atoms with Gasteiger partial charge in [-0.2, -0.15) is 0 Å². The second kappa shape index (κ2) is 7.09. The maximum absolute atomic E-state index is 11.7. The molecular weight excluding hydrogens is 282 g/mol. The van der Waals surface area contributed by atoms with E-state index >= 15 is 0 Å². The highest BCUT2D eigenvalue weighted by Crippen LogP contribution is 2.19. The SMILES string of the molecule is O=C(NCc1ncc(-c2ccccc2)o1)NC[C@@H]1CCOC1. The van der Waals surface area contributed by atoms with E-state index < -0.39 is 0 Å². The van der Waals surface area contributed by atoms with Crippen LogP contribution in [0.3, 0.4) is 0 Å². The highest BCUT2D eigenvalue weighted by molar-refractivity contribution is 5.73. The molecule has 1 atom stereocenters. The Morgan fingerprint density at radius 3 is 2.91 bits per heavy atom. The van der Waals surface area contributed by atoms with Gasteiger partial charge in [0.1, 0.15) is 0 Å². The Kier molecular flexibility index (Phi) is 4.70. The lowest BCUT2D eigenvalue weighted by Gasteiger charge is -2.09. The summed E-state index contributed by atoms with van der Waals surface area (Å²) in [7, 11) is 0. The monoisotopic (exact) mass is 301 g/mol. The summed E-state index contributed by atoms with van der Waals surface area (Å²) in [5, 5.41) is 5.57. The molecule has 2 heterocycles. The van der Waals surface area contributed by atoms with Crippen molar-refractivity contribution in [1.29, 1.82) is 0 Å².